The minimum absolute atomic E-state index is 0.0695. The molecule has 2 aromatic heterocycles. The number of methoxy groups -OCH3 is 2. The number of carbonyl (C=O) groups is 1. The van der Waals surface area contributed by atoms with Crippen LogP contribution >= 0.6 is 0 Å². The molecule has 0 aliphatic carbocycles. The van der Waals surface area contributed by atoms with E-state index in [-0.39, 0.29) is 11.9 Å². The second kappa shape index (κ2) is 8.61. The van der Waals surface area contributed by atoms with Crippen LogP contribution in [0.3, 0.4) is 0 Å². The second-order valence-electron chi connectivity index (χ2n) is 7.33. The fourth-order valence-corrected chi connectivity index (χ4v) is 3.92. The third-order valence-electron chi connectivity index (χ3n) is 5.55. The lowest BCUT2D eigenvalue weighted by Crippen LogP contribution is -2.40. The van der Waals surface area contributed by atoms with Crippen molar-refractivity contribution in [2.75, 3.05) is 20.8 Å². The molecule has 0 fully saturated rings. The van der Waals surface area contributed by atoms with Gasteiger partial charge in [-0.3, -0.25) is 4.79 Å². The summed E-state index contributed by atoms with van der Waals surface area (Å²) in [7, 11) is 3.24. The van der Waals surface area contributed by atoms with Gasteiger partial charge in [-0.2, -0.15) is 0 Å². The molecule has 0 saturated carbocycles. The molecule has 1 amide bonds. The van der Waals surface area contributed by atoms with Crippen molar-refractivity contribution in [1.29, 1.82) is 0 Å². The number of aromatic nitrogens is 3. The molecular weight excluding hydrogens is 384 g/mol. The highest BCUT2D eigenvalue weighted by Gasteiger charge is 2.27. The average Bonchev–Trinajstić information content (AvgIpc) is 3.42. The lowest BCUT2D eigenvalue weighted by atomic mass is 10.1. The molecule has 1 aliphatic rings. The Morgan fingerprint density at radius 3 is 2.80 bits per heavy atom. The summed E-state index contributed by atoms with van der Waals surface area (Å²) in [6, 6.07) is 9.74. The summed E-state index contributed by atoms with van der Waals surface area (Å²) < 4.78 is 18.7. The van der Waals surface area contributed by atoms with E-state index < -0.39 is 0 Å². The van der Waals surface area contributed by atoms with Gasteiger partial charge in [-0.1, -0.05) is 0 Å². The fourth-order valence-electron chi connectivity index (χ4n) is 3.92. The van der Waals surface area contributed by atoms with Crippen molar-refractivity contribution < 1.29 is 18.7 Å². The van der Waals surface area contributed by atoms with E-state index in [4.69, 9.17) is 13.9 Å². The second-order valence-corrected chi connectivity index (χ2v) is 7.33. The molecule has 8 heteroatoms. The highest BCUT2D eigenvalue weighted by Crippen LogP contribution is 2.27. The average molecular weight is 410 g/mol. The Morgan fingerprint density at radius 2 is 2.00 bits per heavy atom. The predicted molar refractivity (Wildman–Crippen MR) is 110 cm³/mol. The van der Waals surface area contributed by atoms with Gasteiger partial charge in [0.15, 0.2) is 0 Å². The van der Waals surface area contributed by atoms with Crippen LogP contribution in [0.5, 0.6) is 11.5 Å². The van der Waals surface area contributed by atoms with E-state index in [1.807, 2.05) is 29.2 Å². The number of ether oxygens (including phenoxy) is 2. The van der Waals surface area contributed by atoms with E-state index in [1.165, 1.54) is 5.69 Å². The zero-order valence-corrected chi connectivity index (χ0v) is 17.5. The van der Waals surface area contributed by atoms with Gasteiger partial charge >= 0.3 is 0 Å². The maximum Gasteiger partial charge on any atom is 0.223 e. The Labute approximate surface area is 175 Å². The molecule has 158 valence electrons. The van der Waals surface area contributed by atoms with Crippen LogP contribution in [0, 0.1) is 0 Å². The number of rotatable bonds is 7. The number of hydrogen-bond acceptors (Lipinski definition) is 6. The van der Waals surface area contributed by atoms with E-state index in [0.717, 1.165) is 23.6 Å². The molecule has 1 aromatic carbocycles. The molecule has 4 rings (SSSR count). The van der Waals surface area contributed by atoms with Gasteiger partial charge in [0.2, 0.25) is 17.7 Å². The van der Waals surface area contributed by atoms with Crippen molar-refractivity contribution in [2.24, 2.45) is 0 Å². The van der Waals surface area contributed by atoms with E-state index in [2.05, 4.69) is 34.0 Å². The first-order chi connectivity index (χ1) is 14.6. The molecule has 1 atom stereocenters. The third-order valence-corrected chi connectivity index (χ3v) is 5.55. The molecule has 0 N–H and O–H groups in total. The topological polar surface area (TPSA) is 82.6 Å². The Hall–Kier alpha value is -3.29. The van der Waals surface area contributed by atoms with Crippen LogP contribution < -0.4 is 9.47 Å². The number of nitrogens with zero attached hydrogens (tertiary/aromatic N) is 4. The number of benzene rings is 1. The van der Waals surface area contributed by atoms with E-state index >= 15 is 0 Å². The SMILES string of the molecule is COc1ccc(OC)c(Cc2nnc(CCC(=O)N3CCn4cccc4C3C)o2)c1. The molecule has 0 radical (unpaired) electrons. The van der Waals surface area contributed by atoms with Crippen LogP contribution in [-0.2, 0) is 24.2 Å². The molecular formula is C22H26N4O4. The number of carbonyl (C=O) groups excluding carboxylic acids is 1. The fraction of sp³-hybridized carbons (Fsp3) is 0.409. The number of aryl methyl sites for hydroxylation is 1. The maximum absolute atomic E-state index is 12.8. The molecule has 3 heterocycles. The molecule has 1 unspecified atom stereocenters. The molecule has 3 aromatic rings. The van der Waals surface area contributed by atoms with Gasteiger partial charge < -0.3 is 23.4 Å². The van der Waals surface area contributed by atoms with E-state index in [0.29, 0.717) is 37.6 Å². The van der Waals surface area contributed by atoms with Crippen molar-refractivity contribution in [1.82, 2.24) is 19.7 Å². The monoisotopic (exact) mass is 410 g/mol. The zero-order valence-electron chi connectivity index (χ0n) is 17.5. The van der Waals surface area contributed by atoms with Crippen LogP contribution in [-0.4, -0.2) is 46.3 Å². The lowest BCUT2D eigenvalue weighted by molar-refractivity contribution is -0.134. The summed E-state index contributed by atoms with van der Waals surface area (Å²) in [6.45, 7) is 3.60. The van der Waals surface area contributed by atoms with Gasteiger partial charge in [0, 0.05) is 43.4 Å². The summed E-state index contributed by atoms with van der Waals surface area (Å²) in [4.78, 5) is 14.7. The minimum atomic E-state index is 0.0695. The number of amides is 1. The highest BCUT2D eigenvalue weighted by molar-refractivity contribution is 5.77. The van der Waals surface area contributed by atoms with Crippen LogP contribution in [0.25, 0.3) is 0 Å². The first kappa shape index (κ1) is 20.0. The van der Waals surface area contributed by atoms with Crippen molar-refractivity contribution in [2.45, 2.75) is 38.8 Å². The molecule has 8 nitrogen and oxygen atoms in total. The molecule has 0 bridgehead atoms. The normalized spacial score (nSPS) is 15.7. The van der Waals surface area contributed by atoms with Crippen molar-refractivity contribution in [3.05, 3.63) is 59.6 Å². The first-order valence-corrected chi connectivity index (χ1v) is 10.1. The summed E-state index contributed by atoms with van der Waals surface area (Å²) in [5.74, 6) is 2.51. The van der Waals surface area contributed by atoms with Crippen LogP contribution in [0.2, 0.25) is 0 Å². The standard InChI is InChI=1S/C22H26N4O4/c1-15-18-5-4-10-25(18)11-12-26(15)22(27)9-8-20-23-24-21(30-20)14-16-13-17(28-2)6-7-19(16)29-3/h4-7,10,13,15H,8-9,11-12,14H2,1-3H3. The van der Waals surface area contributed by atoms with Gasteiger partial charge in [-0.05, 0) is 37.3 Å². The molecule has 1 aliphatic heterocycles. The Balaban J connectivity index is 1.37. The quantitative estimate of drug-likeness (QED) is 0.595. The van der Waals surface area contributed by atoms with Gasteiger partial charge in [-0.15, -0.1) is 10.2 Å². The Bertz CT molecular complexity index is 1030. The van der Waals surface area contributed by atoms with Crippen molar-refractivity contribution in [3.63, 3.8) is 0 Å². The van der Waals surface area contributed by atoms with E-state index in [9.17, 15) is 4.79 Å². The first-order valence-electron chi connectivity index (χ1n) is 10.1. The van der Waals surface area contributed by atoms with Crippen molar-refractivity contribution >= 4 is 5.91 Å². The summed E-state index contributed by atoms with van der Waals surface area (Å²) in [6.07, 6.45) is 3.26. The summed E-state index contributed by atoms with van der Waals surface area (Å²) >= 11 is 0. The van der Waals surface area contributed by atoms with Gasteiger partial charge in [0.25, 0.3) is 0 Å². The largest absolute Gasteiger partial charge is 0.497 e. The van der Waals surface area contributed by atoms with Gasteiger partial charge in [0.1, 0.15) is 11.5 Å². The molecule has 0 spiro atoms. The third kappa shape index (κ3) is 4.03. The summed E-state index contributed by atoms with van der Waals surface area (Å²) in [5.41, 5.74) is 2.06. The molecule has 30 heavy (non-hydrogen) atoms. The molecule has 0 saturated heterocycles. The van der Waals surface area contributed by atoms with Crippen LogP contribution in [0.15, 0.2) is 40.9 Å². The van der Waals surface area contributed by atoms with Gasteiger partial charge in [0.05, 0.1) is 26.7 Å². The predicted octanol–water partition coefficient (Wildman–Crippen LogP) is 3.02. The smallest absolute Gasteiger partial charge is 0.223 e. The summed E-state index contributed by atoms with van der Waals surface area (Å²) in [5, 5.41) is 8.24. The van der Waals surface area contributed by atoms with Crippen LogP contribution in [0.4, 0.5) is 0 Å². The number of fused-ring (bicyclic) bond motifs is 1. The van der Waals surface area contributed by atoms with Crippen molar-refractivity contribution in [3.8, 4) is 11.5 Å². The maximum atomic E-state index is 12.8. The number of hydrogen-bond donors (Lipinski definition) is 0. The van der Waals surface area contributed by atoms with E-state index in [1.54, 1.807) is 14.2 Å². The van der Waals surface area contributed by atoms with Gasteiger partial charge in [-0.25, -0.2) is 0 Å². The highest BCUT2D eigenvalue weighted by atomic mass is 16.5. The Morgan fingerprint density at radius 1 is 1.17 bits per heavy atom. The Kier molecular flexibility index (Phi) is 5.74. The lowest BCUT2D eigenvalue weighted by Gasteiger charge is -2.35. The van der Waals surface area contributed by atoms with Crippen LogP contribution in [0.1, 0.15) is 42.4 Å². The zero-order chi connectivity index (χ0) is 21.1. The minimum Gasteiger partial charge on any atom is -0.497 e.